The highest BCUT2D eigenvalue weighted by molar-refractivity contribution is 5.38. The topological polar surface area (TPSA) is 81.1 Å². The van der Waals surface area contributed by atoms with Crippen LogP contribution < -0.4 is 11.3 Å². The zero-order valence-corrected chi connectivity index (χ0v) is 10.3. The molecule has 2 aromatic rings. The number of pyridine rings is 2. The van der Waals surface area contributed by atoms with E-state index in [1.54, 1.807) is 50.5 Å². The molecule has 3 N–H and O–H groups in total. The van der Waals surface area contributed by atoms with Crippen molar-refractivity contribution in [2.24, 2.45) is 0 Å². The van der Waals surface area contributed by atoms with Gasteiger partial charge in [-0.2, -0.15) is 0 Å². The van der Waals surface area contributed by atoms with Crippen molar-refractivity contribution in [3.63, 3.8) is 0 Å². The molecular formula is C13H15N3O2. The third kappa shape index (κ3) is 2.26. The summed E-state index contributed by atoms with van der Waals surface area (Å²) in [4.78, 5) is 16.0. The monoisotopic (exact) mass is 245 g/mol. The number of nitrogens with two attached hydrogens (primary N) is 1. The van der Waals surface area contributed by atoms with E-state index in [1.807, 2.05) is 0 Å². The van der Waals surface area contributed by atoms with Gasteiger partial charge in [0.2, 0.25) is 0 Å². The van der Waals surface area contributed by atoms with Gasteiger partial charge in [-0.3, -0.25) is 9.36 Å². The fraction of sp³-hybridized carbons (Fsp3) is 0.231. The van der Waals surface area contributed by atoms with Crippen LogP contribution in [0.1, 0.15) is 19.4 Å². The van der Waals surface area contributed by atoms with Crippen LogP contribution in [0.15, 0.2) is 41.5 Å². The largest absolute Gasteiger partial charge is 0.394 e. The summed E-state index contributed by atoms with van der Waals surface area (Å²) in [7, 11) is 0. The van der Waals surface area contributed by atoms with E-state index in [-0.39, 0.29) is 11.2 Å². The van der Waals surface area contributed by atoms with Gasteiger partial charge in [0.05, 0.1) is 11.3 Å². The number of hydrogen-bond acceptors (Lipinski definition) is 4. The van der Waals surface area contributed by atoms with E-state index < -0.39 is 5.60 Å². The van der Waals surface area contributed by atoms with Gasteiger partial charge in [0, 0.05) is 18.0 Å². The van der Waals surface area contributed by atoms with Gasteiger partial charge in [0.15, 0.2) is 0 Å². The number of nitrogens with zero attached hydrogens (tertiary/aromatic N) is 2. The van der Waals surface area contributed by atoms with Gasteiger partial charge in [-0.25, -0.2) is 4.98 Å². The maximum atomic E-state index is 11.8. The number of hydrogen-bond donors (Lipinski definition) is 2. The first kappa shape index (κ1) is 12.3. The standard InChI is InChI=1S/C13H15N3O2/c1-13(2,18)9-5-6-11(15-8-9)16-7-3-4-10(14)12(16)17/h3-8,18H,14H2,1-2H3. The second kappa shape index (κ2) is 4.27. The lowest BCUT2D eigenvalue weighted by atomic mass is 10.0. The van der Waals surface area contributed by atoms with E-state index in [0.29, 0.717) is 11.4 Å². The summed E-state index contributed by atoms with van der Waals surface area (Å²) in [6.07, 6.45) is 3.15. The number of anilines is 1. The van der Waals surface area contributed by atoms with Crippen molar-refractivity contribution in [2.75, 3.05) is 5.73 Å². The fourth-order valence-corrected chi connectivity index (χ4v) is 1.58. The van der Waals surface area contributed by atoms with E-state index in [4.69, 9.17) is 5.73 Å². The zero-order valence-electron chi connectivity index (χ0n) is 10.3. The van der Waals surface area contributed by atoms with Crippen molar-refractivity contribution in [3.8, 4) is 5.82 Å². The van der Waals surface area contributed by atoms with E-state index in [0.717, 1.165) is 0 Å². The molecule has 0 aliphatic rings. The number of rotatable bonds is 2. The Morgan fingerprint density at radius 3 is 2.61 bits per heavy atom. The third-order valence-corrected chi connectivity index (χ3v) is 2.68. The maximum absolute atomic E-state index is 11.8. The molecule has 5 nitrogen and oxygen atoms in total. The first-order chi connectivity index (χ1) is 8.39. The van der Waals surface area contributed by atoms with Crippen molar-refractivity contribution in [1.82, 2.24) is 9.55 Å². The molecule has 2 aromatic heterocycles. The van der Waals surface area contributed by atoms with Crippen LogP contribution in [0.3, 0.4) is 0 Å². The van der Waals surface area contributed by atoms with E-state index in [1.165, 1.54) is 4.57 Å². The summed E-state index contributed by atoms with van der Waals surface area (Å²) < 4.78 is 1.36. The molecule has 5 heteroatoms. The van der Waals surface area contributed by atoms with Crippen LogP contribution in [-0.4, -0.2) is 14.7 Å². The summed E-state index contributed by atoms with van der Waals surface area (Å²) >= 11 is 0. The molecule has 0 saturated carbocycles. The summed E-state index contributed by atoms with van der Waals surface area (Å²) in [5, 5.41) is 9.82. The van der Waals surface area contributed by atoms with Crippen molar-refractivity contribution in [2.45, 2.75) is 19.4 Å². The molecule has 0 radical (unpaired) electrons. The van der Waals surface area contributed by atoms with Crippen LogP contribution in [-0.2, 0) is 5.60 Å². The summed E-state index contributed by atoms with van der Waals surface area (Å²) in [5.74, 6) is 0.473. The third-order valence-electron chi connectivity index (χ3n) is 2.68. The second-order valence-corrected chi connectivity index (χ2v) is 4.60. The SMILES string of the molecule is CC(C)(O)c1ccc(-n2cccc(N)c2=O)nc1. The average molecular weight is 245 g/mol. The first-order valence-electron chi connectivity index (χ1n) is 5.56. The summed E-state index contributed by atoms with van der Waals surface area (Å²) in [5.41, 5.74) is 5.15. The lowest BCUT2D eigenvalue weighted by Gasteiger charge is -2.17. The molecular weight excluding hydrogens is 230 g/mol. The molecule has 2 heterocycles. The van der Waals surface area contributed by atoms with Crippen molar-refractivity contribution in [1.29, 1.82) is 0 Å². The molecule has 0 spiro atoms. The molecule has 0 aliphatic heterocycles. The molecule has 0 fully saturated rings. The Bertz CT molecular complexity index is 609. The summed E-state index contributed by atoms with van der Waals surface area (Å²) in [6.45, 7) is 3.35. The molecule has 0 aliphatic carbocycles. The van der Waals surface area contributed by atoms with E-state index >= 15 is 0 Å². The van der Waals surface area contributed by atoms with Crippen LogP contribution in [0.5, 0.6) is 0 Å². The smallest absolute Gasteiger partial charge is 0.279 e. The van der Waals surface area contributed by atoms with Crippen molar-refractivity contribution < 1.29 is 5.11 Å². The Morgan fingerprint density at radius 2 is 2.06 bits per heavy atom. The van der Waals surface area contributed by atoms with Gasteiger partial charge in [-0.1, -0.05) is 6.07 Å². The Kier molecular flexibility index (Phi) is 2.92. The highest BCUT2D eigenvalue weighted by Gasteiger charge is 2.16. The van der Waals surface area contributed by atoms with E-state index in [9.17, 15) is 9.90 Å². The minimum absolute atomic E-state index is 0.172. The zero-order chi connectivity index (χ0) is 13.3. The van der Waals surface area contributed by atoms with Gasteiger partial charge in [-0.15, -0.1) is 0 Å². The van der Waals surface area contributed by atoms with Gasteiger partial charge < -0.3 is 10.8 Å². The van der Waals surface area contributed by atoms with Crippen LogP contribution >= 0.6 is 0 Å². The van der Waals surface area contributed by atoms with Crippen molar-refractivity contribution in [3.05, 3.63) is 52.6 Å². The molecule has 0 unspecified atom stereocenters. The number of aliphatic hydroxyl groups is 1. The molecule has 0 saturated heterocycles. The average Bonchev–Trinajstić information content (AvgIpc) is 2.32. The van der Waals surface area contributed by atoms with Crippen LogP contribution in [0.2, 0.25) is 0 Å². The molecule has 0 atom stereocenters. The minimum atomic E-state index is -0.952. The highest BCUT2D eigenvalue weighted by atomic mass is 16.3. The number of nitrogen functional groups attached to an aromatic ring is 1. The van der Waals surface area contributed by atoms with Gasteiger partial charge in [-0.05, 0) is 32.0 Å². The quantitative estimate of drug-likeness (QED) is 0.828. The van der Waals surface area contributed by atoms with Crippen LogP contribution in [0.4, 0.5) is 5.69 Å². The lowest BCUT2D eigenvalue weighted by molar-refractivity contribution is 0.0782. The van der Waals surface area contributed by atoms with E-state index in [2.05, 4.69) is 4.98 Å². The van der Waals surface area contributed by atoms with Gasteiger partial charge >= 0.3 is 0 Å². The predicted octanol–water partition coefficient (Wildman–Crippen LogP) is 1.04. The summed E-state index contributed by atoms with van der Waals surface area (Å²) in [6, 6.07) is 6.64. The van der Waals surface area contributed by atoms with Crippen molar-refractivity contribution >= 4 is 5.69 Å². The van der Waals surface area contributed by atoms with Crippen LogP contribution in [0, 0.1) is 0 Å². The Morgan fingerprint density at radius 1 is 1.33 bits per heavy atom. The highest BCUT2D eigenvalue weighted by Crippen LogP contribution is 2.18. The molecule has 18 heavy (non-hydrogen) atoms. The minimum Gasteiger partial charge on any atom is -0.394 e. The second-order valence-electron chi connectivity index (χ2n) is 4.60. The molecule has 0 bridgehead atoms. The number of aromatic nitrogens is 2. The van der Waals surface area contributed by atoms with Crippen LogP contribution in [0.25, 0.3) is 5.82 Å². The Balaban J connectivity index is 2.47. The predicted molar refractivity (Wildman–Crippen MR) is 69.5 cm³/mol. The van der Waals surface area contributed by atoms with Gasteiger partial charge in [0.25, 0.3) is 5.56 Å². The fourth-order valence-electron chi connectivity index (χ4n) is 1.58. The molecule has 2 rings (SSSR count). The van der Waals surface area contributed by atoms with Gasteiger partial charge in [0.1, 0.15) is 5.82 Å². The molecule has 94 valence electrons. The molecule has 0 amide bonds. The molecule has 0 aromatic carbocycles. The first-order valence-corrected chi connectivity index (χ1v) is 5.56. The normalized spacial score (nSPS) is 11.5. The lowest BCUT2D eigenvalue weighted by Crippen LogP contribution is -2.22. The Labute approximate surface area is 105 Å². The Hall–Kier alpha value is -2.14. The maximum Gasteiger partial charge on any atom is 0.279 e.